The molecule has 0 fully saturated rings. The molecule has 0 saturated heterocycles. The van der Waals surface area contributed by atoms with Gasteiger partial charge in [0.1, 0.15) is 12.4 Å². The highest BCUT2D eigenvalue weighted by molar-refractivity contribution is 9.10. The zero-order valence-corrected chi connectivity index (χ0v) is 10.1. The van der Waals surface area contributed by atoms with E-state index in [1.807, 2.05) is 18.2 Å². The molecule has 0 aliphatic carbocycles. The van der Waals surface area contributed by atoms with Gasteiger partial charge >= 0.3 is 0 Å². The predicted octanol–water partition coefficient (Wildman–Crippen LogP) is 2.03. The summed E-state index contributed by atoms with van der Waals surface area (Å²) in [6.07, 6.45) is 0. The highest BCUT2D eigenvalue weighted by atomic mass is 79.9. The van der Waals surface area contributed by atoms with Gasteiger partial charge in [0.15, 0.2) is 0 Å². The molecule has 0 aliphatic heterocycles. The Hall–Kier alpha value is -1.07. The Morgan fingerprint density at radius 2 is 2.27 bits per heavy atom. The van der Waals surface area contributed by atoms with Gasteiger partial charge in [-0.25, -0.2) is 5.48 Å². The Kier molecular flexibility index (Phi) is 4.58. The molecule has 15 heavy (non-hydrogen) atoms. The van der Waals surface area contributed by atoms with Crippen LogP contribution >= 0.6 is 15.9 Å². The Labute approximate surface area is 96.7 Å². The van der Waals surface area contributed by atoms with Crippen LogP contribution in [-0.4, -0.2) is 13.0 Å². The molecule has 1 N–H and O–H groups in total. The minimum absolute atomic E-state index is 0.232. The smallest absolute Gasteiger partial charge is 0.240 e. The van der Waals surface area contributed by atoms with Crippen molar-refractivity contribution < 1.29 is 14.4 Å². The summed E-state index contributed by atoms with van der Waals surface area (Å²) >= 11 is 3.35. The molecule has 0 aromatic heterocycles. The Balaban J connectivity index is 2.65. The summed E-state index contributed by atoms with van der Waals surface area (Å²) in [7, 11) is 1.59. The van der Waals surface area contributed by atoms with Gasteiger partial charge in [-0.2, -0.15) is 0 Å². The summed E-state index contributed by atoms with van der Waals surface area (Å²) in [6, 6.07) is 5.58. The fourth-order valence-corrected chi connectivity index (χ4v) is 1.48. The van der Waals surface area contributed by atoms with Gasteiger partial charge in [0, 0.05) is 17.0 Å². The lowest BCUT2D eigenvalue weighted by Gasteiger charge is -2.09. The van der Waals surface area contributed by atoms with Crippen LogP contribution in [0.15, 0.2) is 22.7 Å². The van der Waals surface area contributed by atoms with Gasteiger partial charge in [-0.1, -0.05) is 15.9 Å². The maximum atomic E-state index is 10.6. The van der Waals surface area contributed by atoms with Crippen molar-refractivity contribution in [2.45, 2.75) is 13.5 Å². The van der Waals surface area contributed by atoms with Crippen molar-refractivity contribution in [3.8, 4) is 5.75 Å². The van der Waals surface area contributed by atoms with E-state index >= 15 is 0 Å². The van der Waals surface area contributed by atoms with Crippen molar-refractivity contribution in [1.29, 1.82) is 0 Å². The van der Waals surface area contributed by atoms with Gasteiger partial charge in [-0.05, 0) is 18.2 Å². The first-order valence-corrected chi connectivity index (χ1v) is 5.13. The SMILES string of the molecule is COc1ccc(Br)cc1CONC(C)=O. The number of rotatable bonds is 4. The highest BCUT2D eigenvalue weighted by Gasteiger charge is 2.04. The van der Waals surface area contributed by atoms with Crippen molar-refractivity contribution in [3.05, 3.63) is 28.2 Å². The lowest BCUT2D eigenvalue weighted by atomic mass is 10.2. The van der Waals surface area contributed by atoms with Crippen LogP contribution < -0.4 is 10.2 Å². The zero-order valence-electron chi connectivity index (χ0n) is 8.54. The fraction of sp³-hybridized carbons (Fsp3) is 0.300. The van der Waals surface area contributed by atoms with E-state index in [0.29, 0.717) is 0 Å². The molecule has 1 aromatic carbocycles. The van der Waals surface area contributed by atoms with E-state index in [1.165, 1.54) is 6.92 Å². The summed E-state index contributed by atoms with van der Waals surface area (Å²) in [5, 5.41) is 0. The van der Waals surface area contributed by atoms with E-state index in [-0.39, 0.29) is 12.5 Å². The van der Waals surface area contributed by atoms with Crippen LogP contribution in [0.4, 0.5) is 0 Å². The molecule has 0 heterocycles. The third-order valence-electron chi connectivity index (χ3n) is 1.69. The molecule has 4 nitrogen and oxygen atoms in total. The maximum absolute atomic E-state index is 10.6. The molecular formula is C10H12BrNO3. The van der Waals surface area contributed by atoms with Crippen LogP contribution in [0.3, 0.4) is 0 Å². The van der Waals surface area contributed by atoms with Crippen molar-refractivity contribution in [2.24, 2.45) is 0 Å². The van der Waals surface area contributed by atoms with Crippen LogP contribution in [0, 0.1) is 0 Å². The molecule has 1 rings (SSSR count). The van der Waals surface area contributed by atoms with Crippen molar-refractivity contribution in [2.75, 3.05) is 7.11 Å². The Morgan fingerprint density at radius 3 is 2.87 bits per heavy atom. The van der Waals surface area contributed by atoms with Crippen molar-refractivity contribution >= 4 is 21.8 Å². The average Bonchev–Trinajstić information content (AvgIpc) is 2.17. The van der Waals surface area contributed by atoms with Crippen LogP contribution in [0.1, 0.15) is 12.5 Å². The van der Waals surface area contributed by atoms with Gasteiger partial charge < -0.3 is 4.74 Å². The molecule has 0 unspecified atom stereocenters. The summed E-state index contributed by atoms with van der Waals surface area (Å²) in [6.45, 7) is 1.65. The number of nitrogens with one attached hydrogen (secondary N) is 1. The van der Waals surface area contributed by atoms with E-state index in [1.54, 1.807) is 7.11 Å². The molecule has 0 spiro atoms. The second kappa shape index (κ2) is 5.72. The van der Waals surface area contributed by atoms with Gasteiger partial charge in [-0.3, -0.25) is 9.63 Å². The molecule has 1 aromatic rings. The first-order valence-electron chi connectivity index (χ1n) is 4.34. The van der Waals surface area contributed by atoms with Crippen LogP contribution in [0.2, 0.25) is 0 Å². The molecule has 1 amide bonds. The number of methoxy groups -OCH3 is 1. The molecule has 0 atom stereocenters. The van der Waals surface area contributed by atoms with E-state index in [4.69, 9.17) is 9.57 Å². The quantitative estimate of drug-likeness (QED) is 0.854. The number of carbonyl (C=O) groups excluding carboxylic acids is 1. The largest absolute Gasteiger partial charge is 0.496 e. The summed E-state index contributed by atoms with van der Waals surface area (Å²) in [5.41, 5.74) is 3.12. The van der Waals surface area contributed by atoms with Gasteiger partial charge in [0.25, 0.3) is 0 Å². The first-order chi connectivity index (χ1) is 7.13. The maximum Gasteiger partial charge on any atom is 0.240 e. The number of hydroxylamine groups is 1. The monoisotopic (exact) mass is 273 g/mol. The second-order valence-electron chi connectivity index (χ2n) is 2.90. The van der Waals surface area contributed by atoms with Crippen LogP contribution in [-0.2, 0) is 16.2 Å². The third-order valence-corrected chi connectivity index (χ3v) is 2.18. The lowest BCUT2D eigenvalue weighted by Crippen LogP contribution is -2.20. The molecule has 82 valence electrons. The number of ether oxygens (including phenoxy) is 1. The van der Waals surface area contributed by atoms with E-state index < -0.39 is 0 Å². The summed E-state index contributed by atoms with van der Waals surface area (Å²) in [5.74, 6) is 0.493. The second-order valence-corrected chi connectivity index (χ2v) is 3.82. The van der Waals surface area contributed by atoms with Crippen LogP contribution in [0.25, 0.3) is 0 Å². The highest BCUT2D eigenvalue weighted by Crippen LogP contribution is 2.23. The van der Waals surface area contributed by atoms with E-state index in [9.17, 15) is 4.79 Å². The normalized spacial score (nSPS) is 9.80. The third kappa shape index (κ3) is 3.89. The van der Waals surface area contributed by atoms with Gasteiger partial charge in [-0.15, -0.1) is 0 Å². The number of amides is 1. The predicted molar refractivity (Wildman–Crippen MR) is 59.3 cm³/mol. The molecule has 0 saturated carbocycles. The van der Waals surface area contributed by atoms with E-state index in [0.717, 1.165) is 15.8 Å². The molecule has 0 bridgehead atoms. The number of hydrogen-bond acceptors (Lipinski definition) is 3. The molecule has 5 heteroatoms. The number of hydrogen-bond donors (Lipinski definition) is 1. The van der Waals surface area contributed by atoms with Gasteiger partial charge in [0.05, 0.1) is 7.11 Å². The number of carbonyl (C=O) groups is 1. The zero-order chi connectivity index (χ0) is 11.3. The minimum atomic E-state index is -0.232. The Bertz CT molecular complexity index is 355. The molecular weight excluding hydrogens is 262 g/mol. The van der Waals surface area contributed by atoms with Crippen molar-refractivity contribution in [1.82, 2.24) is 5.48 Å². The average molecular weight is 274 g/mol. The minimum Gasteiger partial charge on any atom is -0.496 e. The lowest BCUT2D eigenvalue weighted by molar-refractivity contribution is -0.132. The number of benzene rings is 1. The Morgan fingerprint density at radius 1 is 1.53 bits per heavy atom. The van der Waals surface area contributed by atoms with Crippen molar-refractivity contribution in [3.63, 3.8) is 0 Å². The van der Waals surface area contributed by atoms with Crippen LogP contribution in [0.5, 0.6) is 5.75 Å². The summed E-state index contributed by atoms with van der Waals surface area (Å²) in [4.78, 5) is 15.6. The molecule has 0 aliphatic rings. The summed E-state index contributed by atoms with van der Waals surface area (Å²) < 4.78 is 6.08. The number of halogens is 1. The first kappa shape index (κ1) is 12.0. The topological polar surface area (TPSA) is 47.6 Å². The standard InChI is InChI=1S/C10H12BrNO3/c1-7(13)12-15-6-8-5-9(11)3-4-10(8)14-2/h3-5H,6H2,1-2H3,(H,12,13). The fourth-order valence-electron chi connectivity index (χ4n) is 1.08. The molecule has 0 radical (unpaired) electrons. The van der Waals surface area contributed by atoms with Gasteiger partial charge in [0.2, 0.25) is 5.91 Å². The van der Waals surface area contributed by atoms with E-state index in [2.05, 4.69) is 21.4 Å².